The van der Waals surface area contributed by atoms with E-state index in [4.69, 9.17) is 4.74 Å². The molecule has 0 unspecified atom stereocenters. The molecule has 0 aromatic heterocycles. The molecule has 1 aromatic carbocycles. The number of amides is 1. The summed E-state index contributed by atoms with van der Waals surface area (Å²) >= 11 is 0. The van der Waals surface area contributed by atoms with Gasteiger partial charge in [-0.15, -0.1) is 0 Å². The number of piperidine rings is 1. The first-order valence-corrected chi connectivity index (χ1v) is 7.10. The lowest BCUT2D eigenvalue weighted by Gasteiger charge is -2.28. The van der Waals surface area contributed by atoms with Crippen LogP contribution < -0.4 is 10.1 Å². The first kappa shape index (κ1) is 14.8. The van der Waals surface area contributed by atoms with Crippen LogP contribution in [0.25, 0.3) is 0 Å². The van der Waals surface area contributed by atoms with Gasteiger partial charge in [0, 0.05) is 18.8 Å². The molecule has 1 amide bonds. The number of ether oxygens (including phenoxy) is 1. The Morgan fingerprint density at radius 2 is 2.00 bits per heavy atom. The number of aliphatic hydroxyl groups excluding tert-OH is 1. The van der Waals surface area contributed by atoms with Crippen LogP contribution in [0.3, 0.4) is 0 Å². The predicted molar refractivity (Wildman–Crippen MR) is 77.9 cm³/mol. The average Bonchev–Trinajstić information content (AvgIpc) is 2.44. The van der Waals surface area contributed by atoms with Gasteiger partial charge in [-0.05, 0) is 44.0 Å². The van der Waals surface area contributed by atoms with Crippen LogP contribution in [0.15, 0.2) is 24.3 Å². The Balaban J connectivity index is 1.79. The number of likely N-dealkylation sites (tertiary alicyclic amines) is 1. The zero-order valence-electron chi connectivity index (χ0n) is 11.8. The Morgan fingerprint density at radius 3 is 2.60 bits per heavy atom. The Labute approximate surface area is 119 Å². The molecule has 5 nitrogen and oxygen atoms in total. The SMILES string of the molecule is CCOc1ccc(NC(=O)CN2CCC(O)CC2)cc1. The summed E-state index contributed by atoms with van der Waals surface area (Å²) in [5, 5.41) is 12.3. The molecule has 1 fully saturated rings. The Bertz CT molecular complexity index is 425. The second-order valence-electron chi connectivity index (χ2n) is 5.01. The van der Waals surface area contributed by atoms with Crippen LogP contribution in [0.5, 0.6) is 5.75 Å². The predicted octanol–water partition coefficient (Wildman–Crippen LogP) is 1.48. The molecule has 1 aromatic rings. The molecule has 0 atom stereocenters. The molecule has 5 heteroatoms. The minimum absolute atomic E-state index is 0.0226. The van der Waals surface area contributed by atoms with Gasteiger partial charge in [0.25, 0.3) is 0 Å². The molecular weight excluding hydrogens is 256 g/mol. The van der Waals surface area contributed by atoms with E-state index in [1.807, 2.05) is 31.2 Å². The lowest BCUT2D eigenvalue weighted by molar-refractivity contribution is -0.117. The van der Waals surface area contributed by atoms with Crippen LogP contribution in [0.2, 0.25) is 0 Å². The van der Waals surface area contributed by atoms with Gasteiger partial charge in [-0.3, -0.25) is 9.69 Å². The summed E-state index contributed by atoms with van der Waals surface area (Å²) in [7, 11) is 0. The standard InChI is InChI=1S/C15H22N2O3/c1-2-20-14-5-3-12(4-6-14)16-15(19)11-17-9-7-13(18)8-10-17/h3-6,13,18H,2,7-11H2,1H3,(H,16,19). The van der Waals surface area contributed by atoms with Crippen LogP contribution in [0, 0.1) is 0 Å². The van der Waals surface area contributed by atoms with Crippen molar-refractivity contribution in [3.05, 3.63) is 24.3 Å². The Kier molecular flexibility index (Phi) is 5.38. The van der Waals surface area contributed by atoms with Gasteiger partial charge in [0.05, 0.1) is 19.3 Å². The van der Waals surface area contributed by atoms with Crippen molar-refractivity contribution in [3.8, 4) is 5.75 Å². The second kappa shape index (κ2) is 7.26. The van der Waals surface area contributed by atoms with Crippen LogP contribution >= 0.6 is 0 Å². The van der Waals surface area contributed by atoms with Gasteiger partial charge >= 0.3 is 0 Å². The largest absolute Gasteiger partial charge is 0.494 e. The van der Waals surface area contributed by atoms with Crippen molar-refractivity contribution in [1.82, 2.24) is 4.90 Å². The van der Waals surface area contributed by atoms with E-state index in [0.29, 0.717) is 13.2 Å². The summed E-state index contributed by atoms with van der Waals surface area (Å²) < 4.78 is 5.35. The van der Waals surface area contributed by atoms with Crippen LogP contribution in [0.1, 0.15) is 19.8 Å². The highest BCUT2D eigenvalue weighted by Gasteiger charge is 2.18. The number of carbonyl (C=O) groups excluding carboxylic acids is 1. The van der Waals surface area contributed by atoms with E-state index in [2.05, 4.69) is 10.2 Å². The summed E-state index contributed by atoms with van der Waals surface area (Å²) in [6.45, 7) is 4.49. The molecule has 1 aliphatic heterocycles. The molecule has 1 heterocycles. The molecule has 2 rings (SSSR count). The van der Waals surface area contributed by atoms with Crippen molar-refractivity contribution in [2.24, 2.45) is 0 Å². The zero-order valence-corrected chi connectivity index (χ0v) is 11.8. The molecule has 0 aliphatic carbocycles. The third kappa shape index (κ3) is 4.51. The fourth-order valence-electron chi connectivity index (χ4n) is 2.28. The summed E-state index contributed by atoms with van der Waals surface area (Å²) in [5.74, 6) is 0.779. The summed E-state index contributed by atoms with van der Waals surface area (Å²) in [4.78, 5) is 14.0. The topological polar surface area (TPSA) is 61.8 Å². The zero-order chi connectivity index (χ0) is 14.4. The molecular formula is C15H22N2O3. The monoisotopic (exact) mass is 278 g/mol. The number of carbonyl (C=O) groups is 1. The van der Waals surface area contributed by atoms with E-state index >= 15 is 0 Å². The van der Waals surface area contributed by atoms with E-state index in [1.165, 1.54) is 0 Å². The maximum Gasteiger partial charge on any atom is 0.238 e. The molecule has 0 saturated carbocycles. The van der Waals surface area contributed by atoms with Gasteiger partial charge in [-0.1, -0.05) is 0 Å². The Hall–Kier alpha value is -1.59. The van der Waals surface area contributed by atoms with Crippen LogP contribution in [-0.4, -0.2) is 48.3 Å². The minimum Gasteiger partial charge on any atom is -0.494 e. The maximum absolute atomic E-state index is 11.9. The van der Waals surface area contributed by atoms with Crippen molar-refractivity contribution in [1.29, 1.82) is 0 Å². The van der Waals surface area contributed by atoms with Gasteiger partial charge in [0.2, 0.25) is 5.91 Å². The van der Waals surface area contributed by atoms with E-state index in [1.54, 1.807) is 0 Å². The molecule has 20 heavy (non-hydrogen) atoms. The summed E-state index contributed by atoms with van der Waals surface area (Å²) in [6, 6.07) is 7.36. The first-order valence-electron chi connectivity index (χ1n) is 7.10. The molecule has 0 spiro atoms. The minimum atomic E-state index is -0.208. The first-order chi connectivity index (χ1) is 9.67. The number of benzene rings is 1. The molecule has 0 radical (unpaired) electrons. The fourth-order valence-corrected chi connectivity index (χ4v) is 2.28. The highest BCUT2D eigenvalue weighted by atomic mass is 16.5. The number of hydrogen-bond donors (Lipinski definition) is 2. The quantitative estimate of drug-likeness (QED) is 0.856. The average molecular weight is 278 g/mol. The number of hydrogen-bond acceptors (Lipinski definition) is 4. The summed E-state index contributed by atoms with van der Waals surface area (Å²) in [6.07, 6.45) is 1.28. The van der Waals surface area contributed by atoms with Gasteiger partial charge in [-0.2, -0.15) is 0 Å². The third-order valence-electron chi connectivity index (χ3n) is 3.37. The molecule has 110 valence electrons. The number of nitrogens with one attached hydrogen (secondary N) is 1. The van der Waals surface area contributed by atoms with Crippen molar-refractivity contribution < 1.29 is 14.6 Å². The van der Waals surface area contributed by atoms with Crippen molar-refractivity contribution >= 4 is 11.6 Å². The van der Waals surface area contributed by atoms with E-state index in [-0.39, 0.29) is 12.0 Å². The van der Waals surface area contributed by atoms with Crippen molar-refractivity contribution in [2.45, 2.75) is 25.9 Å². The van der Waals surface area contributed by atoms with E-state index in [0.717, 1.165) is 37.4 Å². The van der Waals surface area contributed by atoms with E-state index in [9.17, 15) is 9.90 Å². The highest BCUT2D eigenvalue weighted by Crippen LogP contribution is 2.16. The number of anilines is 1. The molecule has 2 N–H and O–H groups in total. The normalized spacial score (nSPS) is 16.9. The van der Waals surface area contributed by atoms with Gasteiger partial charge in [0.15, 0.2) is 0 Å². The van der Waals surface area contributed by atoms with Gasteiger partial charge in [-0.25, -0.2) is 0 Å². The second-order valence-corrected chi connectivity index (χ2v) is 5.01. The van der Waals surface area contributed by atoms with E-state index < -0.39 is 0 Å². The lowest BCUT2D eigenvalue weighted by atomic mass is 10.1. The van der Waals surface area contributed by atoms with Gasteiger partial charge in [0.1, 0.15) is 5.75 Å². The Morgan fingerprint density at radius 1 is 1.35 bits per heavy atom. The number of aliphatic hydroxyl groups is 1. The van der Waals surface area contributed by atoms with Crippen molar-refractivity contribution in [2.75, 3.05) is 31.6 Å². The van der Waals surface area contributed by atoms with Crippen LogP contribution in [-0.2, 0) is 4.79 Å². The molecule has 1 aliphatic rings. The summed E-state index contributed by atoms with van der Waals surface area (Å²) in [5.41, 5.74) is 0.774. The molecule has 1 saturated heterocycles. The third-order valence-corrected chi connectivity index (χ3v) is 3.37. The number of rotatable bonds is 5. The van der Waals surface area contributed by atoms with Gasteiger partial charge < -0.3 is 15.2 Å². The number of nitrogens with zero attached hydrogens (tertiary/aromatic N) is 1. The lowest BCUT2D eigenvalue weighted by Crippen LogP contribution is -2.40. The van der Waals surface area contributed by atoms with Crippen molar-refractivity contribution in [3.63, 3.8) is 0 Å². The van der Waals surface area contributed by atoms with Crippen LogP contribution in [0.4, 0.5) is 5.69 Å². The fraction of sp³-hybridized carbons (Fsp3) is 0.533. The maximum atomic E-state index is 11.9. The highest BCUT2D eigenvalue weighted by molar-refractivity contribution is 5.92. The smallest absolute Gasteiger partial charge is 0.238 e. The molecule has 0 bridgehead atoms.